The lowest BCUT2D eigenvalue weighted by molar-refractivity contribution is 0.110. The fraction of sp³-hybridized carbons (Fsp3) is 0.611. The molecule has 4 nitrogen and oxygen atoms in total. The summed E-state index contributed by atoms with van der Waals surface area (Å²) in [6, 6.07) is 11.9. The number of hydrogen-bond acceptors (Lipinski definition) is 2. The molecule has 1 aliphatic carbocycles. The molecule has 1 aromatic rings. The summed E-state index contributed by atoms with van der Waals surface area (Å²) in [5, 5.41) is 3.14. The van der Waals surface area contributed by atoms with Crippen molar-refractivity contribution in [1.82, 2.24) is 15.1 Å². The van der Waals surface area contributed by atoms with Gasteiger partial charge in [-0.3, -0.25) is 0 Å². The molecule has 4 heteroatoms. The lowest BCUT2D eigenvalue weighted by Gasteiger charge is -2.46. The lowest BCUT2D eigenvalue weighted by Crippen LogP contribution is -2.58. The first-order chi connectivity index (χ1) is 10.7. The van der Waals surface area contributed by atoms with Crippen LogP contribution in [-0.2, 0) is 5.41 Å². The van der Waals surface area contributed by atoms with Crippen molar-refractivity contribution in [3.8, 4) is 0 Å². The predicted octanol–water partition coefficient (Wildman–Crippen LogP) is 2.21. The average molecular weight is 299 g/mol. The lowest BCUT2D eigenvalue weighted by atomic mass is 9.69. The number of piperidine rings is 1. The van der Waals surface area contributed by atoms with Gasteiger partial charge in [-0.2, -0.15) is 0 Å². The molecule has 1 saturated carbocycles. The van der Waals surface area contributed by atoms with Gasteiger partial charge in [-0.1, -0.05) is 30.3 Å². The van der Waals surface area contributed by atoms with E-state index in [1.165, 1.54) is 12.0 Å². The summed E-state index contributed by atoms with van der Waals surface area (Å²) < 4.78 is 0. The number of carbonyl (C=O) groups excluding carboxylic acids is 1. The van der Waals surface area contributed by atoms with Crippen LogP contribution in [0.5, 0.6) is 0 Å². The van der Waals surface area contributed by atoms with Gasteiger partial charge in [-0.25, -0.2) is 4.79 Å². The van der Waals surface area contributed by atoms with Gasteiger partial charge in [0.1, 0.15) is 0 Å². The third-order valence-corrected chi connectivity index (χ3v) is 5.84. The highest BCUT2D eigenvalue weighted by Crippen LogP contribution is 2.45. The molecule has 4 rings (SSSR count). The summed E-state index contributed by atoms with van der Waals surface area (Å²) >= 11 is 0. The SMILES string of the molecule is CN1CC[C@]2(c3ccccc3)CCN(C(=O)NC3CC3)C[C@@H]12. The first kappa shape index (κ1) is 14.1. The molecule has 2 heterocycles. The van der Waals surface area contributed by atoms with Gasteiger partial charge in [0.15, 0.2) is 0 Å². The number of rotatable bonds is 2. The maximum absolute atomic E-state index is 12.4. The van der Waals surface area contributed by atoms with E-state index >= 15 is 0 Å². The van der Waals surface area contributed by atoms with Crippen LogP contribution in [0.25, 0.3) is 0 Å². The van der Waals surface area contributed by atoms with E-state index in [-0.39, 0.29) is 11.4 Å². The van der Waals surface area contributed by atoms with Gasteiger partial charge >= 0.3 is 6.03 Å². The quantitative estimate of drug-likeness (QED) is 0.909. The van der Waals surface area contributed by atoms with Crippen LogP contribution in [0.15, 0.2) is 30.3 Å². The zero-order valence-corrected chi connectivity index (χ0v) is 13.3. The molecular weight excluding hydrogens is 274 g/mol. The third kappa shape index (κ3) is 2.30. The van der Waals surface area contributed by atoms with Crippen LogP contribution in [0, 0.1) is 0 Å². The normalized spacial score (nSPS) is 31.9. The highest BCUT2D eigenvalue weighted by atomic mass is 16.2. The van der Waals surface area contributed by atoms with E-state index in [1.807, 2.05) is 4.90 Å². The largest absolute Gasteiger partial charge is 0.335 e. The molecule has 3 fully saturated rings. The second kappa shape index (κ2) is 5.27. The number of nitrogens with one attached hydrogen (secondary N) is 1. The first-order valence-electron chi connectivity index (χ1n) is 8.50. The van der Waals surface area contributed by atoms with Crippen molar-refractivity contribution < 1.29 is 4.79 Å². The van der Waals surface area contributed by atoms with E-state index in [9.17, 15) is 4.79 Å². The Morgan fingerprint density at radius 2 is 1.91 bits per heavy atom. The fourth-order valence-electron chi connectivity index (χ4n) is 4.29. The van der Waals surface area contributed by atoms with Crippen molar-refractivity contribution in [2.45, 2.75) is 43.2 Å². The van der Waals surface area contributed by atoms with Gasteiger partial charge in [0.05, 0.1) is 0 Å². The van der Waals surface area contributed by atoms with Gasteiger partial charge in [0.2, 0.25) is 0 Å². The van der Waals surface area contributed by atoms with Gasteiger partial charge in [0, 0.05) is 30.6 Å². The van der Waals surface area contributed by atoms with E-state index in [0.29, 0.717) is 12.1 Å². The molecule has 2 amide bonds. The molecule has 0 aromatic heterocycles. The molecule has 0 bridgehead atoms. The first-order valence-corrected chi connectivity index (χ1v) is 8.50. The predicted molar refractivity (Wildman–Crippen MR) is 86.9 cm³/mol. The number of likely N-dealkylation sites (N-methyl/N-ethyl adjacent to an activating group) is 1. The molecule has 2 saturated heterocycles. The molecule has 0 unspecified atom stereocenters. The minimum Gasteiger partial charge on any atom is -0.335 e. The molecule has 2 atom stereocenters. The topological polar surface area (TPSA) is 35.6 Å². The minimum atomic E-state index is 0.143. The molecular formula is C18H25N3O. The molecule has 1 N–H and O–H groups in total. The van der Waals surface area contributed by atoms with E-state index in [1.54, 1.807) is 0 Å². The summed E-state index contributed by atoms with van der Waals surface area (Å²) in [5.74, 6) is 0. The van der Waals surface area contributed by atoms with Crippen molar-refractivity contribution in [2.24, 2.45) is 0 Å². The van der Waals surface area contributed by atoms with E-state index < -0.39 is 0 Å². The van der Waals surface area contributed by atoms with Crippen LogP contribution >= 0.6 is 0 Å². The smallest absolute Gasteiger partial charge is 0.317 e. The molecule has 118 valence electrons. The number of carbonyl (C=O) groups is 1. The van der Waals surface area contributed by atoms with Crippen LogP contribution in [0.2, 0.25) is 0 Å². The van der Waals surface area contributed by atoms with Gasteiger partial charge in [-0.05, 0) is 44.8 Å². The van der Waals surface area contributed by atoms with Crippen LogP contribution in [0.1, 0.15) is 31.2 Å². The molecule has 0 spiro atoms. The monoisotopic (exact) mass is 299 g/mol. The Kier molecular flexibility index (Phi) is 3.37. The minimum absolute atomic E-state index is 0.143. The summed E-state index contributed by atoms with van der Waals surface area (Å²) in [4.78, 5) is 16.9. The molecule has 1 aromatic carbocycles. The Labute approximate surface area is 132 Å². The fourth-order valence-corrected chi connectivity index (χ4v) is 4.29. The van der Waals surface area contributed by atoms with Crippen molar-refractivity contribution in [3.63, 3.8) is 0 Å². The molecule has 2 aliphatic heterocycles. The van der Waals surface area contributed by atoms with E-state index in [2.05, 4.69) is 47.6 Å². The van der Waals surface area contributed by atoms with E-state index in [0.717, 1.165) is 38.9 Å². The van der Waals surface area contributed by atoms with Crippen molar-refractivity contribution in [1.29, 1.82) is 0 Å². The number of amides is 2. The number of fused-ring (bicyclic) bond motifs is 1. The third-order valence-electron chi connectivity index (χ3n) is 5.84. The highest BCUT2D eigenvalue weighted by Gasteiger charge is 2.50. The van der Waals surface area contributed by atoms with Crippen LogP contribution in [0.3, 0.4) is 0 Å². The van der Waals surface area contributed by atoms with Gasteiger partial charge < -0.3 is 15.1 Å². The summed E-state index contributed by atoms with van der Waals surface area (Å²) in [6.45, 7) is 2.85. The summed E-state index contributed by atoms with van der Waals surface area (Å²) in [6.07, 6.45) is 4.58. The van der Waals surface area contributed by atoms with Gasteiger partial charge in [0.25, 0.3) is 0 Å². The second-order valence-electron chi connectivity index (χ2n) is 7.19. The summed E-state index contributed by atoms with van der Waals surface area (Å²) in [7, 11) is 2.21. The number of nitrogens with zero attached hydrogens (tertiary/aromatic N) is 2. The molecule has 22 heavy (non-hydrogen) atoms. The Bertz CT molecular complexity index is 557. The number of benzene rings is 1. The van der Waals surface area contributed by atoms with Crippen LogP contribution < -0.4 is 5.32 Å². The Balaban J connectivity index is 1.56. The number of likely N-dealkylation sites (tertiary alicyclic amines) is 2. The zero-order valence-electron chi connectivity index (χ0n) is 13.3. The van der Waals surface area contributed by atoms with E-state index in [4.69, 9.17) is 0 Å². The zero-order chi connectivity index (χ0) is 15.2. The molecule has 0 radical (unpaired) electrons. The number of urea groups is 1. The highest BCUT2D eigenvalue weighted by molar-refractivity contribution is 5.75. The van der Waals surface area contributed by atoms with Crippen LogP contribution in [0.4, 0.5) is 4.79 Å². The Morgan fingerprint density at radius 3 is 2.64 bits per heavy atom. The number of hydrogen-bond donors (Lipinski definition) is 1. The average Bonchev–Trinajstić information content (AvgIpc) is 3.30. The maximum atomic E-state index is 12.4. The Hall–Kier alpha value is -1.55. The van der Waals surface area contributed by atoms with Crippen molar-refractivity contribution in [3.05, 3.63) is 35.9 Å². The summed E-state index contributed by atoms with van der Waals surface area (Å²) in [5.41, 5.74) is 1.68. The van der Waals surface area contributed by atoms with Crippen molar-refractivity contribution in [2.75, 3.05) is 26.7 Å². The maximum Gasteiger partial charge on any atom is 0.317 e. The molecule has 3 aliphatic rings. The standard InChI is InChI=1S/C18H25N3O/c1-20-11-9-18(14-5-3-2-4-6-14)10-12-21(13-16(18)20)17(22)19-15-7-8-15/h2-6,15-16H,7-13H2,1H3,(H,19,22)/t16-,18-/m1/s1. The van der Waals surface area contributed by atoms with Crippen molar-refractivity contribution >= 4 is 6.03 Å². The van der Waals surface area contributed by atoms with Gasteiger partial charge in [-0.15, -0.1) is 0 Å². The Morgan fingerprint density at radius 1 is 1.18 bits per heavy atom. The van der Waals surface area contributed by atoms with Crippen LogP contribution in [-0.4, -0.2) is 54.6 Å². The second-order valence-corrected chi connectivity index (χ2v) is 7.19.